The van der Waals surface area contributed by atoms with Crippen LogP contribution in [0.15, 0.2) is 60.8 Å². The third-order valence-electron chi connectivity index (χ3n) is 13.2. The van der Waals surface area contributed by atoms with E-state index in [1.54, 1.807) is 37.6 Å². The predicted molar refractivity (Wildman–Crippen MR) is 301 cm³/mol. The number of aromatic nitrogens is 1. The number of aliphatic carboxylic acids is 2. The van der Waals surface area contributed by atoms with Gasteiger partial charge in [0.25, 0.3) is 0 Å². The quantitative estimate of drug-likeness (QED) is 0.0302. The molecule has 7 atom stereocenters. The van der Waals surface area contributed by atoms with Crippen molar-refractivity contribution in [1.29, 1.82) is 0 Å². The number of carbonyl (C=O) groups is 11. The fourth-order valence-corrected chi connectivity index (χ4v) is 8.79. The van der Waals surface area contributed by atoms with Crippen LogP contribution in [0.2, 0.25) is 0 Å². The molecule has 476 valence electrons. The zero-order valence-electron chi connectivity index (χ0n) is 48.8. The zero-order valence-corrected chi connectivity index (χ0v) is 48.8. The van der Waals surface area contributed by atoms with Gasteiger partial charge in [-0.1, -0.05) is 58.0 Å². The van der Waals surface area contributed by atoms with Crippen molar-refractivity contribution in [3.8, 4) is 11.1 Å². The van der Waals surface area contributed by atoms with Crippen LogP contribution in [0.1, 0.15) is 123 Å². The molecule has 29 heteroatoms. The average Bonchev–Trinajstić information content (AvgIpc) is 1.82. The number of unbranched alkanes of at least 4 members (excludes halogenated alkanes) is 1. The number of primary amides is 1. The number of nitrogens with two attached hydrogens (primary N) is 3. The molecule has 0 bridgehead atoms. The van der Waals surface area contributed by atoms with Crippen molar-refractivity contribution >= 4 is 64.9 Å². The Bertz CT molecular complexity index is 2830. The molecule has 1 heterocycles. The fourth-order valence-electron chi connectivity index (χ4n) is 8.79. The molecule has 3 rings (SSSR count). The van der Waals surface area contributed by atoms with Crippen molar-refractivity contribution in [2.24, 2.45) is 28.5 Å². The summed E-state index contributed by atoms with van der Waals surface area (Å²) in [6.45, 7) is 8.47. The van der Waals surface area contributed by atoms with Gasteiger partial charge < -0.3 is 68.6 Å². The van der Waals surface area contributed by atoms with Crippen LogP contribution in [0.4, 0.5) is 22.0 Å². The molecule has 3 aromatic rings. The van der Waals surface area contributed by atoms with Crippen molar-refractivity contribution in [3.63, 3.8) is 0 Å². The van der Waals surface area contributed by atoms with E-state index in [2.05, 4.69) is 26.6 Å². The van der Waals surface area contributed by atoms with Gasteiger partial charge in [0.05, 0.1) is 18.5 Å². The number of carboxylic acid groups (broad SMARTS) is 2. The van der Waals surface area contributed by atoms with Gasteiger partial charge in [-0.05, 0) is 87.2 Å². The van der Waals surface area contributed by atoms with Gasteiger partial charge >= 0.3 is 18.1 Å². The van der Waals surface area contributed by atoms with Crippen molar-refractivity contribution < 1.29 is 90.0 Å². The van der Waals surface area contributed by atoms with E-state index < -0.39 is 144 Å². The summed E-state index contributed by atoms with van der Waals surface area (Å²) in [6.07, 6.45) is -3.97. The Morgan fingerprint density at radius 3 is 1.90 bits per heavy atom. The molecule has 14 N–H and O–H groups in total. The molecule has 0 saturated carbocycles. The highest BCUT2D eigenvalue weighted by Crippen LogP contribution is 2.41. The van der Waals surface area contributed by atoms with E-state index in [1.165, 1.54) is 25.7 Å². The van der Waals surface area contributed by atoms with Crippen LogP contribution in [-0.2, 0) is 59.3 Å². The van der Waals surface area contributed by atoms with Gasteiger partial charge in [-0.2, -0.15) is 13.2 Å². The van der Waals surface area contributed by atoms with E-state index in [0.29, 0.717) is 25.1 Å². The lowest BCUT2D eigenvalue weighted by molar-refractivity contribution is -0.192. The Morgan fingerprint density at radius 2 is 1.34 bits per heavy atom. The van der Waals surface area contributed by atoms with E-state index in [1.807, 2.05) is 30.3 Å². The van der Waals surface area contributed by atoms with Crippen molar-refractivity contribution in [3.05, 3.63) is 83.7 Å². The number of nitrogens with zero attached hydrogens (tertiary/aromatic N) is 2. The Kier molecular flexibility index (Phi) is 30.4. The van der Waals surface area contributed by atoms with Crippen LogP contribution in [0.3, 0.4) is 0 Å². The second kappa shape index (κ2) is 35.3. The lowest BCUT2D eigenvalue weighted by Crippen LogP contribution is -2.56. The highest BCUT2D eigenvalue weighted by atomic mass is 19.4. The third-order valence-corrected chi connectivity index (χ3v) is 13.2. The van der Waals surface area contributed by atoms with Crippen molar-refractivity contribution in [2.75, 3.05) is 26.2 Å². The summed E-state index contributed by atoms with van der Waals surface area (Å²) < 4.78 is 63.5. The van der Waals surface area contributed by atoms with E-state index in [4.69, 9.17) is 32.2 Å². The van der Waals surface area contributed by atoms with Gasteiger partial charge in [-0.15, -0.1) is 0 Å². The van der Waals surface area contributed by atoms with Crippen LogP contribution in [0, 0.1) is 23.0 Å². The van der Waals surface area contributed by atoms with Crippen molar-refractivity contribution in [1.82, 2.24) is 36.1 Å². The number of halogens is 5. The molecule has 24 nitrogen and oxygen atoms in total. The number of nitrogens with one attached hydrogen (secondary N) is 5. The molecule has 0 radical (unpaired) electrons. The molecule has 0 aliphatic heterocycles. The van der Waals surface area contributed by atoms with E-state index >= 15 is 4.39 Å². The summed E-state index contributed by atoms with van der Waals surface area (Å²) in [7, 11) is 0. The minimum Gasteiger partial charge on any atom is -0.480 e. The first-order valence-corrected chi connectivity index (χ1v) is 27.5. The molecule has 0 saturated heterocycles. The number of amides is 7. The Labute approximate surface area is 493 Å². The Morgan fingerprint density at radius 1 is 0.733 bits per heavy atom. The highest BCUT2D eigenvalue weighted by molar-refractivity contribution is 5.97. The van der Waals surface area contributed by atoms with E-state index in [0.717, 1.165) is 23.8 Å². The Balaban J connectivity index is 0.00000338. The van der Waals surface area contributed by atoms with Gasteiger partial charge in [0, 0.05) is 74.8 Å². The van der Waals surface area contributed by atoms with Crippen LogP contribution in [-0.4, -0.2) is 152 Å². The van der Waals surface area contributed by atoms with Crippen LogP contribution in [0.5, 0.6) is 0 Å². The number of carboxylic acids is 2. The lowest BCUT2D eigenvalue weighted by atomic mass is 9.82. The van der Waals surface area contributed by atoms with E-state index in [-0.39, 0.29) is 75.1 Å². The first-order chi connectivity index (χ1) is 40.1. The number of rotatable bonds is 34. The standard InChI is InChI=1S/C55H78F2N10O12.C2HF3O2/c1-32(25-46(71)33(2)62-52(76)42(63-34(3)69)16-10-11-22-58)50(74)65-44(28-47(60)72)53(77)64-43(51(75)61-23-12-15-38(70)18-20-41(59)54(78)79)21-24-67(48(73)31-68)49(55(4,5)6)45-26-36(39-27-37(56)17-19-40(39)57)30-66(45)29-35-13-8-7-9-14-35;3-2(4,5)1(6)7/h7-9,13-14,17,19,26-27,30,32-33,41-44,49,68H,10-12,15-16,18,20-25,28-29,31,58-59H2,1-6H3,(H2,60,72)(H,61,75)(H,62,76)(H,63,69)(H,64,77)(H,65,74)(H,78,79);(H,6,7)/t32-,33+,41+,42+,43+,44+,49+;/m1./s1. The summed E-state index contributed by atoms with van der Waals surface area (Å²) in [5, 5.41) is 39.4. The van der Waals surface area contributed by atoms with Gasteiger partial charge in [-0.3, -0.25) is 47.9 Å². The van der Waals surface area contributed by atoms with Crippen LogP contribution < -0.4 is 43.8 Å². The number of ketones is 2. The molecular weight excluding hydrogens is 1140 g/mol. The maximum Gasteiger partial charge on any atom is 0.490 e. The number of Topliss-reactive ketones (excluding diaryl/α,β-unsaturated/α-hetero) is 2. The number of hydrogen-bond acceptors (Lipinski definition) is 14. The monoisotopic (exact) mass is 1220 g/mol. The Hall–Kier alpha value is -8.18. The maximum absolute atomic E-state index is 15.4. The first kappa shape index (κ1) is 73.9. The lowest BCUT2D eigenvalue weighted by Gasteiger charge is -2.41. The predicted octanol–water partition coefficient (Wildman–Crippen LogP) is 2.65. The second-order valence-electron chi connectivity index (χ2n) is 21.5. The molecule has 1 aromatic heterocycles. The molecule has 2 aromatic carbocycles. The van der Waals surface area contributed by atoms with E-state index in [9.17, 15) is 70.6 Å². The van der Waals surface area contributed by atoms with Gasteiger partial charge in [-0.25, -0.2) is 13.6 Å². The summed E-state index contributed by atoms with van der Waals surface area (Å²) >= 11 is 0. The minimum absolute atomic E-state index is 0.0642. The molecule has 0 aliphatic rings. The molecular formula is C57H79F5N10O14. The van der Waals surface area contributed by atoms with Gasteiger partial charge in [0.1, 0.15) is 48.2 Å². The topological polar surface area (TPSA) is 395 Å². The number of benzene rings is 2. The number of alkyl halides is 3. The molecule has 0 unspecified atom stereocenters. The summed E-state index contributed by atoms with van der Waals surface area (Å²) in [6, 6.07) is 6.19. The fraction of sp³-hybridized carbons (Fsp3) is 0.526. The molecule has 7 amide bonds. The van der Waals surface area contributed by atoms with Gasteiger partial charge in [0.15, 0.2) is 5.78 Å². The summed E-state index contributed by atoms with van der Waals surface area (Å²) in [4.78, 5) is 141. The highest BCUT2D eigenvalue weighted by Gasteiger charge is 2.40. The smallest absolute Gasteiger partial charge is 0.480 e. The number of aliphatic hydroxyl groups is 1. The second-order valence-corrected chi connectivity index (χ2v) is 21.5. The van der Waals surface area contributed by atoms with Crippen LogP contribution >= 0.6 is 0 Å². The van der Waals surface area contributed by atoms with Crippen LogP contribution in [0.25, 0.3) is 11.1 Å². The number of hydrogen-bond donors (Lipinski definition) is 11. The number of aliphatic hydroxyl groups excluding tert-OH is 1. The van der Waals surface area contributed by atoms with Crippen molar-refractivity contribution in [2.45, 2.75) is 155 Å². The zero-order chi connectivity index (χ0) is 65.2. The maximum atomic E-state index is 15.4. The molecule has 0 aliphatic carbocycles. The molecule has 86 heavy (non-hydrogen) atoms. The first-order valence-electron chi connectivity index (χ1n) is 27.5. The largest absolute Gasteiger partial charge is 0.490 e. The van der Waals surface area contributed by atoms with Gasteiger partial charge in [0.2, 0.25) is 41.4 Å². The SMILES string of the molecule is CC(=O)N[C@@H](CCCCN)C(=O)N[C@@H](C)C(=O)C[C@@H](C)C(=O)N[C@@H](CC(N)=O)C(=O)N[C@@H](CCN(C(=O)CO)[C@@H](c1cc(-c2cc(F)ccc2F)cn1Cc1ccccc1)C(C)(C)C)C(=O)NCCCC(=O)CC[C@H](N)C(=O)O.O=C(O)C(F)(F)F. The average molecular weight is 1220 g/mol. The minimum atomic E-state index is -5.08. The third kappa shape index (κ3) is 25.6. The summed E-state index contributed by atoms with van der Waals surface area (Å²) in [5.74, 6) is -13.3. The molecule has 0 fully saturated rings. The summed E-state index contributed by atoms with van der Waals surface area (Å²) in [5.41, 5.74) is 17.2. The normalized spacial score (nSPS) is 13.8. The molecule has 0 spiro atoms. The number of carbonyl (C=O) groups excluding carboxylic acids is 9.